The normalized spacial score (nSPS) is 10.2. The lowest BCUT2D eigenvalue weighted by atomic mass is 10.1. The predicted molar refractivity (Wildman–Crippen MR) is 73.5 cm³/mol. The zero-order chi connectivity index (χ0) is 14.5. The average Bonchev–Trinajstić information content (AvgIpc) is 2.48. The maximum atomic E-state index is 13.0. The number of carbonyl (C=O) groups is 1. The van der Waals surface area contributed by atoms with E-state index >= 15 is 0 Å². The molecule has 104 valence electrons. The smallest absolute Gasteiger partial charge is 0.338 e. The van der Waals surface area contributed by atoms with Crippen molar-refractivity contribution in [1.82, 2.24) is 0 Å². The van der Waals surface area contributed by atoms with Crippen LogP contribution in [0.15, 0.2) is 42.5 Å². The summed E-state index contributed by atoms with van der Waals surface area (Å²) in [4.78, 5) is 11.6. The molecule has 0 atom stereocenters. The van der Waals surface area contributed by atoms with Gasteiger partial charge in [0.2, 0.25) is 0 Å². The van der Waals surface area contributed by atoms with Crippen molar-refractivity contribution in [3.05, 3.63) is 64.4 Å². The van der Waals surface area contributed by atoms with Crippen molar-refractivity contribution in [2.24, 2.45) is 0 Å². The van der Waals surface area contributed by atoms with Gasteiger partial charge in [-0.2, -0.15) is 0 Å². The van der Waals surface area contributed by atoms with Gasteiger partial charge < -0.3 is 9.47 Å². The first kappa shape index (κ1) is 14.3. The van der Waals surface area contributed by atoms with E-state index in [1.165, 1.54) is 25.3 Å². The van der Waals surface area contributed by atoms with Crippen molar-refractivity contribution in [3.63, 3.8) is 0 Å². The summed E-state index contributed by atoms with van der Waals surface area (Å²) in [6.45, 7) is 0.160. The molecule has 0 aliphatic rings. The minimum Gasteiger partial charge on any atom is -0.489 e. The summed E-state index contributed by atoms with van der Waals surface area (Å²) in [5.41, 5.74) is 1.11. The van der Waals surface area contributed by atoms with Crippen molar-refractivity contribution in [3.8, 4) is 5.75 Å². The van der Waals surface area contributed by atoms with Crippen molar-refractivity contribution in [1.29, 1.82) is 0 Å². The minimum absolute atomic E-state index is 0.0104. The number of ether oxygens (including phenoxy) is 2. The zero-order valence-corrected chi connectivity index (χ0v) is 11.5. The Hall–Kier alpha value is -2.07. The number of rotatable bonds is 4. The summed E-state index contributed by atoms with van der Waals surface area (Å²) in [5, 5.41) is -0.0104. The highest BCUT2D eigenvalue weighted by atomic mass is 35.5. The van der Waals surface area contributed by atoms with Crippen LogP contribution in [-0.4, -0.2) is 13.1 Å². The van der Waals surface area contributed by atoms with Crippen LogP contribution < -0.4 is 4.74 Å². The van der Waals surface area contributed by atoms with Crippen molar-refractivity contribution >= 4 is 17.6 Å². The third kappa shape index (κ3) is 3.27. The fraction of sp³-hybridized carbons (Fsp3) is 0.133. The summed E-state index contributed by atoms with van der Waals surface area (Å²) in [7, 11) is 1.32. The average molecular weight is 295 g/mol. The Morgan fingerprint density at radius 3 is 2.70 bits per heavy atom. The fourth-order valence-electron chi connectivity index (χ4n) is 1.68. The van der Waals surface area contributed by atoms with Gasteiger partial charge >= 0.3 is 5.97 Å². The van der Waals surface area contributed by atoms with Gasteiger partial charge in [-0.25, -0.2) is 9.18 Å². The van der Waals surface area contributed by atoms with E-state index in [2.05, 4.69) is 0 Å². The molecule has 0 aromatic heterocycles. The molecule has 2 aromatic carbocycles. The van der Waals surface area contributed by atoms with Gasteiger partial charge in [0.25, 0.3) is 0 Å². The van der Waals surface area contributed by atoms with E-state index in [1.54, 1.807) is 24.3 Å². The first-order valence-corrected chi connectivity index (χ1v) is 6.23. The van der Waals surface area contributed by atoms with Crippen molar-refractivity contribution in [2.75, 3.05) is 7.11 Å². The molecule has 0 amide bonds. The van der Waals surface area contributed by atoms with Gasteiger partial charge in [-0.15, -0.1) is 0 Å². The molecule has 3 nitrogen and oxygen atoms in total. The molecule has 0 saturated heterocycles. The van der Waals surface area contributed by atoms with E-state index in [4.69, 9.17) is 21.1 Å². The maximum Gasteiger partial charge on any atom is 0.338 e. The van der Waals surface area contributed by atoms with Gasteiger partial charge in [-0.05, 0) is 18.2 Å². The second-order valence-corrected chi connectivity index (χ2v) is 4.42. The van der Waals surface area contributed by atoms with Gasteiger partial charge in [0.1, 0.15) is 18.2 Å². The molecule has 0 bridgehead atoms. The van der Waals surface area contributed by atoms with Gasteiger partial charge in [-0.3, -0.25) is 0 Å². The standard InChI is InChI=1S/C15H12ClFO3/c1-19-15(18)12-5-3-2-4-10(12)9-20-11-6-7-14(17)13(16)8-11/h2-8H,9H2,1H3. The van der Waals surface area contributed by atoms with Gasteiger partial charge in [0, 0.05) is 11.6 Å². The van der Waals surface area contributed by atoms with Crippen LogP contribution in [0, 0.1) is 5.82 Å². The largest absolute Gasteiger partial charge is 0.489 e. The highest BCUT2D eigenvalue weighted by molar-refractivity contribution is 6.30. The summed E-state index contributed by atoms with van der Waals surface area (Å²) < 4.78 is 23.2. The summed E-state index contributed by atoms with van der Waals surface area (Å²) >= 11 is 5.67. The van der Waals surface area contributed by atoms with Crippen LogP contribution in [0.3, 0.4) is 0 Å². The lowest BCUT2D eigenvalue weighted by Gasteiger charge is -2.10. The number of hydrogen-bond donors (Lipinski definition) is 0. The third-order valence-corrected chi connectivity index (χ3v) is 3.00. The Morgan fingerprint density at radius 2 is 2.00 bits per heavy atom. The Bertz CT molecular complexity index is 628. The third-order valence-electron chi connectivity index (χ3n) is 2.71. The molecule has 2 aromatic rings. The molecule has 0 spiro atoms. The second kappa shape index (κ2) is 6.39. The summed E-state index contributed by atoms with van der Waals surface area (Å²) in [5.74, 6) is -0.508. The number of carbonyl (C=O) groups excluding carboxylic acids is 1. The molecule has 0 radical (unpaired) electrons. The Morgan fingerprint density at radius 1 is 1.25 bits per heavy atom. The van der Waals surface area contributed by atoms with E-state index in [0.29, 0.717) is 16.9 Å². The number of methoxy groups -OCH3 is 1. The fourth-order valence-corrected chi connectivity index (χ4v) is 1.85. The Labute approximate surface area is 120 Å². The molecular formula is C15H12ClFO3. The van der Waals surface area contributed by atoms with E-state index in [0.717, 1.165) is 0 Å². The summed E-state index contributed by atoms with van der Waals surface area (Å²) in [6.07, 6.45) is 0. The molecule has 20 heavy (non-hydrogen) atoms. The first-order valence-electron chi connectivity index (χ1n) is 5.86. The van der Waals surface area contributed by atoms with Gasteiger partial charge in [0.05, 0.1) is 17.7 Å². The minimum atomic E-state index is -0.506. The van der Waals surface area contributed by atoms with E-state index in [1.807, 2.05) is 0 Å². The molecule has 0 saturated carbocycles. The van der Waals surface area contributed by atoms with Crippen LogP contribution >= 0.6 is 11.6 Å². The lowest BCUT2D eigenvalue weighted by molar-refractivity contribution is 0.0597. The van der Waals surface area contributed by atoms with Crippen LogP contribution in [0.1, 0.15) is 15.9 Å². The van der Waals surface area contributed by atoms with Crippen LogP contribution in [0.4, 0.5) is 4.39 Å². The molecular weight excluding hydrogens is 283 g/mol. The quantitative estimate of drug-likeness (QED) is 0.804. The molecule has 0 fully saturated rings. The van der Waals surface area contributed by atoms with E-state index in [-0.39, 0.29) is 11.6 Å². The number of halogens is 2. The number of hydrogen-bond acceptors (Lipinski definition) is 3. The van der Waals surface area contributed by atoms with Crippen molar-refractivity contribution < 1.29 is 18.7 Å². The SMILES string of the molecule is COC(=O)c1ccccc1COc1ccc(F)c(Cl)c1. The van der Waals surface area contributed by atoms with Crippen LogP contribution in [0.2, 0.25) is 5.02 Å². The predicted octanol–water partition coefficient (Wildman–Crippen LogP) is 3.84. The zero-order valence-electron chi connectivity index (χ0n) is 10.7. The highest BCUT2D eigenvalue weighted by Gasteiger charge is 2.11. The molecule has 5 heteroatoms. The number of esters is 1. The molecule has 0 N–H and O–H groups in total. The first-order chi connectivity index (χ1) is 9.61. The Balaban J connectivity index is 2.14. The lowest BCUT2D eigenvalue weighted by Crippen LogP contribution is -2.07. The molecule has 0 unspecified atom stereocenters. The van der Waals surface area contributed by atoms with Gasteiger partial charge in [-0.1, -0.05) is 29.8 Å². The molecule has 0 aliphatic carbocycles. The topological polar surface area (TPSA) is 35.5 Å². The summed E-state index contributed by atoms with van der Waals surface area (Å²) in [6, 6.07) is 11.0. The monoisotopic (exact) mass is 294 g/mol. The van der Waals surface area contributed by atoms with E-state index in [9.17, 15) is 9.18 Å². The second-order valence-electron chi connectivity index (χ2n) is 4.01. The molecule has 2 rings (SSSR count). The van der Waals surface area contributed by atoms with Gasteiger partial charge in [0.15, 0.2) is 0 Å². The highest BCUT2D eigenvalue weighted by Crippen LogP contribution is 2.22. The van der Waals surface area contributed by atoms with Crippen molar-refractivity contribution in [2.45, 2.75) is 6.61 Å². The molecule has 0 heterocycles. The van der Waals surface area contributed by atoms with Crippen LogP contribution in [0.25, 0.3) is 0 Å². The number of benzene rings is 2. The van der Waals surface area contributed by atoms with Crippen LogP contribution in [-0.2, 0) is 11.3 Å². The molecule has 0 aliphatic heterocycles. The Kier molecular flexibility index (Phi) is 4.58. The van der Waals surface area contributed by atoms with E-state index < -0.39 is 11.8 Å². The van der Waals surface area contributed by atoms with Crippen LogP contribution in [0.5, 0.6) is 5.75 Å². The maximum absolute atomic E-state index is 13.0.